The van der Waals surface area contributed by atoms with E-state index in [4.69, 9.17) is 9.47 Å². The van der Waals surface area contributed by atoms with Crippen LogP contribution in [0, 0.1) is 13.8 Å². The number of hydrazone groups is 1. The van der Waals surface area contributed by atoms with Gasteiger partial charge >= 0.3 is 11.9 Å². The number of carbonyl (C=O) groups excluding carboxylic acids is 2. The Balaban J connectivity index is 1.66. The molecule has 0 fully saturated rings. The second-order valence-electron chi connectivity index (χ2n) is 7.39. The number of H-pyrrole nitrogens is 1. The summed E-state index contributed by atoms with van der Waals surface area (Å²) in [6.45, 7) is 3.86. The Hall–Kier alpha value is -4.40. The number of aromatic amines is 1. The minimum absolute atomic E-state index is 0.254. The Kier molecular flexibility index (Phi) is 5.95. The number of aryl methyl sites for hydroxylation is 1. The number of benzene rings is 2. The van der Waals surface area contributed by atoms with E-state index in [2.05, 4.69) is 20.5 Å². The summed E-state index contributed by atoms with van der Waals surface area (Å²) >= 11 is 0. The van der Waals surface area contributed by atoms with Crippen LogP contribution in [0.15, 0.2) is 53.6 Å². The first kappa shape index (κ1) is 21.8. The maximum absolute atomic E-state index is 12.2. The normalized spacial score (nSPS) is 11.2. The van der Waals surface area contributed by atoms with Gasteiger partial charge in [-0.3, -0.25) is 0 Å². The predicted octanol–water partition coefficient (Wildman–Crippen LogP) is 3.99. The molecule has 2 N–H and O–H groups in total. The van der Waals surface area contributed by atoms with Gasteiger partial charge in [-0.05, 0) is 50.2 Å². The van der Waals surface area contributed by atoms with Crippen LogP contribution in [0.2, 0.25) is 0 Å². The molecule has 4 rings (SSSR count). The number of nitrogens with one attached hydrogen (secondary N) is 2. The van der Waals surface area contributed by atoms with Gasteiger partial charge in [0, 0.05) is 22.6 Å². The number of anilines is 1. The Bertz CT molecular complexity index is 1320. The van der Waals surface area contributed by atoms with Crippen molar-refractivity contribution in [3.63, 3.8) is 0 Å². The van der Waals surface area contributed by atoms with Crippen molar-refractivity contribution in [1.29, 1.82) is 0 Å². The highest BCUT2D eigenvalue weighted by molar-refractivity contribution is 5.96. The summed E-state index contributed by atoms with van der Waals surface area (Å²) in [6.07, 6.45) is 1.69. The van der Waals surface area contributed by atoms with Gasteiger partial charge in [0.25, 0.3) is 0 Å². The Morgan fingerprint density at radius 2 is 1.70 bits per heavy atom. The summed E-state index contributed by atoms with van der Waals surface area (Å²) < 4.78 is 11.6. The second kappa shape index (κ2) is 8.99. The Labute approximate surface area is 190 Å². The van der Waals surface area contributed by atoms with Gasteiger partial charge in [-0.1, -0.05) is 12.1 Å². The molecular formula is C24H23N5O4. The average molecular weight is 445 g/mol. The number of methoxy groups -OCH3 is 2. The molecular weight excluding hydrogens is 422 g/mol. The number of nitrogens with zero attached hydrogens (tertiary/aromatic N) is 3. The number of carbonyl (C=O) groups is 2. The maximum atomic E-state index is 12.2. The van der Waals surface area contributed by atoms with Crippen molar-refractivity contribution < 1.29 is 19.1 Å². The monoisotopic (exact) mass is 445 g/mol. The molecule has 0 unspecified atom stereocenters. The van der Waals surface area contributed by atoms with Crippen LogP contribution >= 0.6 is 0 Å². The van der Waals surface area contributed by atoms with Crippen molar-refractivity contribution in [3.05, 3.63) is 76.6 Å². The minimum atomic E-state index is -0.540. The molecule has 2 heterocycles. The number of para-hydroxylation sites is 2. The fourth-order valence-electron chi connectivity index (χ4n) is 3.70. The molecule has 0 aliphatic carbocycles. The van der Waals surface area contributed by atoms with Gasteiger partial charge in [0.05, 0.1) is 42.6 Å². The summed E-state index contributed by atoms with van der Waals surface area (Å²) in [5.74, 6) is -0.544. The van der Waals surface area contributed by atoms with Crippen molar-refractivity contribution in [2.45, 2.75) is 13.8 Å². The highest BCUT2D eigenvalue weighted by Gasteiger charge is 2.17. The first-order chi connectivity index (χ1) is 15.9. The third-order valence-corrected chi connectivity index (χ3v) is 5.25. The van der Waals surface area contributed by atoms with Gasteiger partial charge in [0.2, 0.25) is 5.95 Å². The fourth-order valence-corrected chi connectivity index (χ4v) is 3.70. The number of hydrogen-bond donors (Lipinski definition) is 2. The van der Waals surface area contributed by atoms with Crippen molar-refractivity contribution in [1.82, 2.24) is 14.5 Å². The van der Waals surface area contributed by atoms with E-state index in [0.717, 1.165) is 28.0 Å². The van der Waals surface area contributed by atoms with Crippen molar-refractivity contribution in [3.8, 4) is 5.69 Å². The Morgan fingerprint density at radius 3 is 2.33 bits per heavy atom. The second-order valence-corrected chi connectivity index (χ2v) is 7.39. The quantitative estimate of drug-likeness (QED) is 0.264. The molecule has 0 atom stereocenters. The summed E-state index contributed by atoms with van der Waals surface area (Å²) in [6, 6.07) is 14.5. The van der Waals surface area contributed by atoms with E-state index in [1.165, 1.54) is 20.3 Å². The fraction of sp³-hybridized carbons (Fsp3) is 0.167. The van der Waals surface area contributed by atoms with Gasteiger partial charge in [-0.25, -0.2) is 20.0 Å². The molecule has 9 nitrogen and oxygen atoms in total. The van der Waals surface area contributed by atoms with E-state index >= 15 is 0 Å². The predicted molar refractivity (Wildman–Crippen MR) is 125 cm³/mol. The molecule has 0 radical (unpaired) electrons. The SMILES string of the molecule is COC(=O)c1cc(C(=O)OC)cc(-n2c(C)cc(C=NNc3nc4ccccc4[nH]3)c2C)c1. The number of fused-ring (bicyclic) bond motifs is 1. The average Bonchev–Trinajstić information content (AvgIpc) is 3.37. The Morgan fingerprint density at radius 1 is 1.03 bits per heavy atom. The van der Waals surface area contributed by atoms with Crippen LogP contribution in [0.5, 0.6) is 0 Å². The number of ether oxygens (including phenoxy) is 2. The third kappa shape index (κ3) is 4.33. The standard InChI is InChI=1S/C24H23N5O4/c1-14-9-18(13-25-28-24-26-20-7-5-6-8-21(20)27-24)15(2)29(14)19-11-16(22(30)32-3)10-17(12-19)23(31)33-4/h5-13H,1-4H3,(H2,26,27,28). The van der Waals surface area contributed by atoms with Crippen LogP contribution in [-0.2, 0) is 9.47 Å². The lowest BCUT2D eigenvalue weighted by Gasteiger charge is -2.13. The van der Waals surface area contributed by atoms with Gasteiger partial charge < -0.3 is 19.0 Å². The first-order valence-electron chi connectivity index (χ1n) is 10.2. The van der Waals surface area contributed by atoms with E-state index in [1.54, 1.807) is 18.3 Å². The molecule has 33 heavy (non-hydrogen) atoms. The molecule has 0 amide bonds. The lowest BCUT2D eigenvalue weighted by Crippen LogP contribution is -2.10. The number of aromatic nitrogens is 3. The van der Waals surface area contributed by atoms with Gasteiger partial charge in [-0.2, -0.15) is 5.10 Å². The molecule has 9 heteroatoms. The van der Waals surface area contributed by atoms with Gasteiger partial charge in [-0.15, -0.1) is 0 Å². The summed E-state index contributed by atoms with van der Waals surface area (Å²) in [5, 5.41) is 4.30. The van der Waals surface area contributed by atoms with Crippen LogP contribution in [0.4, 0.5) is 5.95 Å². The third-order valence-electron chi connectivity index (χ3n) is 5.25. The molecule has 0 saturated heterocycles. The number of rotatable bonds is 6. The molecule has 0 spiro atoms. The smallest absolute Gasteiger partial charge is 0.337 e. The lowest BCUT2D eigenvalue weighted by molar-refractivity contribution is 0.0599. The molecule has 0 saturated carbocycles. The first-order valence-corrected chi connectivity index (χ1v) is 10.2. The topological polar surface area (TPSA) is 111 Å². The lowest BCUT2D eigenvalue weighted by atomic mass is 10.1. The van der Waals surface area contributed by atoms with E-state index in [-0.39, 0.29) is 11.1 Å². The molecule has 2 aromatic heterocycles. The van der Waals surface area contributed by atoms with Crippen LogP contribution in [-0.4, -0.2) is 46.9 Å². The molecule has 0 aliphatic rings. The summed E-state index contributed by atoms with van der Waals surface area (Å²) in [5.41, 5.74) is 8.46. The zero-order chi connectivity index (χ0) is 23.5. The van der Waals surface area contributed by atoms with Crippen LogP contribution < -0.4 is 5.43 Å². The number of esters is 2. The van der Waals surface area contributed by atoms with Crippen LogP contribution in [0.25, 0.3) is 16.7 Å². The number of imidazole rings is 1. The van der Waals surface area contributed by atoms with Crippen molar-refractivity contribution in [2.75, 3.05) is 19.6 Å². The van der Waals surface area contributed by atoms with E-state index in [0.29, 0.717) is 11.6 Å². The van der Waals surface area contributed by atoms with Crippen molar-refractivity contribution in [2.24, 2.45) is 5.10 Å². The molecule has 0 bridgehead atoms. The largest absolute Gasteiger partial charge is 0.465 e. The van der Waals surface area contributed by atoms with E-state index < -0.39 is 11.9 Å². The van der Waals surface area contributed by atoms with Crippen molar-refractivity contribution >= 4 is 35.1 Å². The number of hydrogen-bond acceptors (Lipinski definition) is 7. The van der Waals surface area contributed by atoms with E-state index in [9.17, 15) is 9.59 Å². The molecule has 0 aliphatic heterocycles. The zero-order valence-electron chi connectivity index (χ0n) is 18.7. The maximum Gasteiger partial charge on any atom is 0.337 e. The van der Waals surface area contributed by atoms with Crippen LogP contribution in [0.1, 0.15) is 37.7 Å². The summed E-state index contributed by atoms with van der Waals surface area (Å²) in [4.78, 5) is 31.9. The molecule has 2 aromatic carbocycles. The summed E-state index contributed by atoms with van der Waals surface area (Å²) in [7, 11) is 2.59. The van der Waals surface area contributed by atoms with Gasteiger partial charge in [0.1, 0.15) is 0 Å². The van der Waals surface area contributed by atoms with Gasteiger partial charge in [0.15, 0.2) is 0 Å². The van der Waals surface area contributed by atoms with E-state index in [1.807, 2.05) is 48.7 Å². The highest BCUT2D eigenvalue weighted by Crippen LogP contribution is 2.23. The highest BCUT2D eigenvalue weighted by atomic mass is 16.5. The molecule has 4 aromatic rings. The zero-order valence-corrected chi connectivity index (χ0v) is 18.7. The molecule has 168 valence electrons. The van der Waals surface area contributed by atoms with Crippen LogP contribution in [0.3, 0.4) is 0 Å². The minimum Gasteiger partial charge on any atom is -0.465 e.